The van der Waals surface area contributed by atoms with Crippen LogP contribution in [0.15, 0.2) is 24.3 Å². The van der Waals surface area contributed by atoms with Crippen molar-refractivity contribution in [1.82, 2.24) is 0 Å². The number of benzene rings is 1. The molecule has 1 aromatic carbocycles. The molecule has 0 heterocycles. The quantitative estimate of drug-likeness (QED) is 0.278. The largest absolute Gasteiger partial charge is 0.466 e. The predicted octanol–water partition coefficient (Wildman–Crippen LogP) is 5.20. The van der Waals surface area contributed by atoms with Gasteiger partial charge in [-0.25, -0.2) is 4.39 Å². The highest BCUT2D eigenvalue weighted by Gasteiger charge is 2.07. The molecule has 0 radical (unpaired) electrons. The van der Waals surface area contributed by atoms with Crippen LogP contribution >= 0.6 is 0 Å². The molecule has 1 rings (SSSR count). The van der Waals surface area contributed by atoms with Gasteiger partial charge in [0.1, 0.15) is 11.6 Å². The summed E-state index contributed by atoms with van der Waals surface area (Å²) in [5.41, 5.74) is 0. The van der Waals surface area contributed by atoms with Crippen LogP contribution in [0.25, 0.3) is 0 Å². The minimum atomic E-state index is -0.446. The molecule has 0 aliphatic heterocycles. The highest BCUT2D eigenvalue weighted by molar-refractivity contribution is 5.72. The number of esters is 2. The molecule has 0 atom stereocenters. The lowest BCUT2D eigenvalue weighted by molar-refractivity contribution is -0.144. The second kappa shape index (κ2) is 13.4. The Morgan fingerprint density at radius 1 is 0.920 bits per heavy atom. The molecule has 0 aromatic heterocycles. The number of unbranched alkanes of at least 4 members (excludes halogenated alkanes) is 6. The Bertz CT molecular complexity index is 516. The number of carbonyl (C=O) groups is 2. The highest BCUT2D eigenvalue weighted by atomic mass is 19.1. The Kier molecular flexibility index (Phi) is 11.3. The summed E-state index contributed by atoms with van der Waals surface area (Å²) in [6.07, 6.45) is 8.56. The second-order valence-electron chi connectivity index (χ2n) is 6.13. The monoisotopic (exact) mass is 352 g/mol. The summed E-state index contributed by atoms with van der Waals surface area (Å²) in [5, 5.41) is 0. The van der Waals surface area contributed by atoms with Gasteiger partial charge in [0, 0.05) is 18.9 Å². The van der Waals surface area contributed by atoms with Crippen molar-refractivity contribution in [2.24, 2.45) is 0 Å². The normalized spacial score (nSPS) is 10.5. The molecule has 0 bridgehead atoms. The molecule has 25 heavy (non-hydrogen) atoms. The molecule has 0 spiro atoms. The third-order valence-corrected chi connectivity index (χ3v) is 3.80. The standard InChI is InChI=1S/C20H29FO4/c1-2-3-4-5-6-9-15-24-19(22)13-7-8-14-20(23)25-18-12-10-11-17(21)16-18/h10-12,16H,2-9,13-15H2,1H3. The Hall–Kier alpha value is -1.91. The first kappa shape index (κ1) is 21.1. The maximum absolute atomic E-state index is 13.0. The van der Waals surface area contributed by atoms with Gasteiger partial charge in [0.25, 0.3) is 0 Å². The van der Waals surface area contributed by atoms with E-state index in [-0.39, 0.29) is 18.1 Å². The van der Waals surface area contributed by atoms with E-state index in [0.717, 1.165) is 18.9 Å². The van der Waals surface area contributed by atoms with Crippen molar-refractivity contribution in [3.8, 4) is 5.75 Å². The fourth-order valence-electron chi connectivity index (χ4n) is 2.39. The van der Waals surface area contributed by atoms with Gasteiger partial charge in [0.15, 0.2) is 0 Å². The van der Waals surface area contributed by atoms with E-state index in [1.54, 1.807) is 0 Å². The molecular weight excluding hydrogens is 323 g/mol. The molecule has 0 fully saturated rings. The fourth-order valence-corrected chi connectivity index (χ4v) is 2.39. The Morgan fingerprint density at radius 3 is 2.32 bits per heavy atom. The number of hydrogen-bond donors (Lipinski definition) is 0. The SMILES string of the molecule is CCCCCCCCOC(=O)CCCCC(=O)Oc1cccc(F)c1. The summed E-state index contributed by atoms with van der Waals surface area (Å²) in [5.74, 6) is -0.889. The van der Waals surface area contributed by atoms with Crippen molar-refractivity contribution in [3.63, 3.8) is 0 Å². The van der Waals surface area contributed by atoms with Gasteiger partial charge in [-0.1, -0.05) is 45.1 Å². The number of carbonyl (C=O) groups excluding carboxylic acids is 2. The van der Waals surface area contributed by atoms with Crippen molar-refractivity contribution in [2.75, 3.05) is 6.61 Å². The molecule has 4 nitrogen and oxygen atoms in total. The Labute approximate surface area is 149 Å². The Balaban J connectivity index is 1.99. The van der Waals surface area contributed by atoms with Gasteiger partial charge in [-0.15, -0.1) is 0 Å². The molecule has 1 aromatic rings. The van der Waals surface area contributed by atoms with Gasteiger partial charge >= 0.3 is 11.9 Å². The van der Waals surface area contributed by atoms with E-state index in [0.29, 0.717) is 25.9 Å². The first-order chi connectivity index (χ1) is 12.1. The van der Waals surface area contributed by atoms with Crippen LogP contribution in [0.5, 0.6) is 5.75 Å². The third kappa shape index (κ3) is 11.3. The maximum Gasteiger partial charge on any atom is 0.311 e. The molecule has 0 aliphatic carbocycles. The number of ether oxygens (including phenoxy) is 2. The van der Waals surface area contributed by atoms with Crippen molar-refractivity contribution < 1.29 is 23.5 Å². The van der Waals surface area contributed by atoms with Crippen molar-refractivity contribution in [1.29, 1.82) is 0 Å². The number of rotatable bonds is 13. The first-order valence-electron chi connectivity index (χ1n) is 9.23. The number of halogens is 1. The van der Waals surface area contributed by atoms with Crippen LogP contribution in [-0.2, 0) is 14.3 Å². The van der Waals surface area contributed by atoms with Gasteiger partial charge in [-0.05, 0) is 31.4 Å². The molecular formula is C20H29FO4. The fraction of sp³-hybridized carbons (Fsp3) is 0.600. The lowest BCUT2D eigenvalue weighted by Crippen LogP contribution is -2.09. The van der Waals surface area contributed by atoms with Crippen molar-refractivity contribution in [2.45, 2.75) is 71.1 Å². The first-order valence-corrected chi connectivity index (χ1v) is 9.23. The second-order valence-corrected chi connectivity index (χ2v) is 6.13. The van der Waals surface area contributed by atoms with Gasteiger partial charge in [0.2, 0.25) is 0 Å². The van der Waals surface area contributed by atoms with E-state index >= 15 is 0 Å². The van der Waals surface area contributed by atoms with Crippen LogP contribution in [0.3, 0.4) is 0 Å². The van der Waals surface area contributed by atoms with E-state index < -0.39 is 11.8 Å². The third-order valence-electron chi connectivity index (χ3n) is 3.80. The van der Waals surface area contributed by atoms with Crippen molar-refractivity contribution in [3.05, 3.63) is 30.1 Å². The average Bonchev–Trinajstić information content (AvgIpc) is 2.58. The van der Waals surface area contributed by atoms with E-state index in [1.165, 1.54) is 43.9 Å². The molecule has 0 unspecified atom stereocenters. The van der Waals surface area contributed by atoms with Gasteiger partial charge in [-0.2, -0.15) is 0 Å². The molecule has 0 saturated heterocycles. The van der Waals surface area contributed by atoms with Gasteiger partial charge < -0.3 is 9.47 Å². The van der Waals surface area contributed by atoms with Crippen LogP contribution in [0.2, 0.25) is 0 Å². The van der Waals surface area contributed by atoms with E-state index in [4.69, 9.17) is 9.47 Å². The van der Waals surface area contributed by atoms with Crippen LogP contribution in [0, 0.1) is 5.82 Å². The average molecular weight is 352 g/mol. The molecule has 0 saturated carbocycles. The van der Waals surface area contributed by atoms with Crippen LogP contribution in [-0.4, -0.2) is 18.5 Å². The minimum absolute atomic E-state index is 0.196. The summed E-state index contributed by atoms with van der Waals surface area (Å²) >= 11 is 0. The zero-order chi connectivity index (χ0) is 18.3. The Morgan fingerprint density at radius 2 is 1.60 bits per heavy atom. The zero-order valence-corrected chi connectivity index (χ0v) is 15.1. The summed E-state index contributed by atoms with van der Waals surface area (Å²) in [6.45, 7) is 2.66. The summed E-state index contributed by atoms with van der Waals surface area (Å²) in [7, 11) is 0. The summed E-state index contributed by atoms with van der Waals surface area (Å²) in [4.78, 5) is 23.2. The van der Waals surface area contributed by atoms with Crippen LogP contribution in [0.1, 0.15) is 71.1 Å². The summed E-state index contributed by atoms with van der Waals surface area (Å²) < 4.78 is 23.2. The lowest BCUT2D eigenvalue weighted by Gasteiger charge is -2.06. The molecule has 140 valence electrons. The van der Waals surface area contributed by atoms with E-state index in [2.05, 4.69) is 6.92 Å². The van der Waals surface area contributed by atoms with Crippen molar-refractivity contribution >= 4 is 11.9 Å². The van der Waals surface area contributed by atoms with Crippen LogP contribution in [0.4, 0.5) is 4.39 Å². The molecule has 0 N–H and O–H groups in total. The summed E-state index contributed by atoms with van der Waals surface area (Å²) in [6, 6.07) is 5.46. The molecule has 0 aliphatic rings. The topological polar surface area (TPSA) is 52.6 Å². The highest BCUT2D eigenvalue weighted by Crippen LogP contribution is 2.13. The maximum atomic E-state index is 13.0. The van der Waals surface area contributed by atoms with Gasteiger partial charge in [0.05, 0.1) is 6.61 Å². The smallest absolute Gasteiger partial charge is 0.311 e. The molecule has 0 amide bonds. The zero-order valence-electron chi connectivity index (χ0n) is 15.1. The van der Waals surface area contributed by atoms with E-state index in [9.17, 15) is 14.0 Å². The predicted molar refractivity (Wildman–Crippen MR) is 94.8 cm³/mol. The van der Waals surface area contributed by atoms with E-state index in [1.807, 2.05) is 0 Å². The number of hydrogen-bond acceptors (Lipinski definition) is 4. The van der Waals surface area contributed by atoms with Gasteiger partial charge in [-0.3, -0.25) is 9.59 Å². The molecule has 5 heteroatoms. The minimum Gasteiger partial charge on any atom is -0.466 e. The van der Waals surface area contributed by atoms with Crippen LogP contribution < -0.4 is 4.74 Å². The lowest BCUT2D eigenvalue weighted by atomic mass is 10.1.